The minimum absolute atomic E-state index is 0.0652. The molecule has 1 N–H and O–H groups in total. The fourth-order valence-electron chi connectivity index (χ4n) is 3.58. The van der Waals surface area contributed by atoms with Crippen LogP contribution in [-0.2, 0) is 4.79 Å². The first-order chi connectivity index (χ1) is 14.5. The monoisotopic (exact) mass is 442 g/mol. The van der Waals surface area contributed by atoms with Crippen LogP contribution in [0.15, 0.2) is 54.6 Å². The van der Waals surface area contributed by atoms with Crippen molar-refractivity contribution in [2.24, 2.45) is 0 Å². The van der Waals surface area contributed by atoms with Crippen LogP contribution in [0.4, 0.5) is 5.69 Å². The van der Waals surface area contributed by atoms with Gasteiger partial charge in [0.05, 0.1) is 17.6 Å². The van der Waals surface area contributed by atoms with Crippen molar-refractivity contribution in [2.75, 3.05) is 37.6 Å². The molecular formula is C22H20Cl2N4O2. The van der Waals surface area contributed by atoms with Gasteiger partial charge in [0.25, 0.3) is 5.91 Å². The van der Waals surface area contributed by atoms with E-state index in [0.717, 1.165) is 5.69 Å². The lowest BCUT2D eigenvalue weighted by Gasteiger charge is -2.36. The number of benzene rings is 2. The number of pyridine rings is 1. The Morgan fingerprint density at radius 3 is 2.50 bits per heavy atom. The van der Waals surface area contributed by atoms with E-state index in [0.29, 0.717) is 47.7 Å². The highest BCUT2D eigenvalue weighted by Gasteiger charge is 2.22. The summed E-state index contributed by atoms with van der Waals surface area (Å²) >= 11 is 12.1. The maximum atomic E-state index is 12.7. The lowest BCUT2D eigenvalue weighted by molar-refractivity contribution is -0.130. The summed E-state index contributed by atoms with van der Waals surface area (Å²) in [6.45, 7) is 2.54. The van der Waals surface area contributed by atoms with E-state index in [1.54, 1.807) is 11.0 Å². The molecule has 4 rings (SSSR count). The number of carbonyl (C=O) groups excluding carboxylic acids is 2. The van der Waals surface area contributed by atoms with Gasteiger partial charge in [-0.05, 0) is 30.3 Å². The van der Waals surface area contributed by atoms with E-state index in [-0.39, 0.29) is 23.5 Å². The number of piperazine rings is 1. The van der Waals surface area contributed by atoms with Crippen molar-refractivity contribution in [1.82, 2.24) is 15.2 Å². The molecule has 1 aliphatic heterocycles. The van der Waals surface area contributed by atoms with E-state index in [2.05, 4.69) is 15.2 Å². The minimum atomic E-state index is -0.346. The number of carbonyl (C=O) groups is 2. The first-order valence-electron chi connectivity index (χ1n) is 9.63. The Morgan fingerprint density at radius 2 is 1.73 bits per heavy atom. The van der Waals surface area contributed by atoms with Crippen molar-refractivity contribution in [2.45, 2.75) is 0 Å². The third-order valence-corrected chi connectivity index (χ3v) is 5.56. The number of rotatable bonds is 4. The zero-order valence-corrected chi connectivity index (χ0v) is 17.7. The van der Waals surface area contributed by atoms with Gasteiger partial charge in [-0.25, -0.2) is 4.98 Å². The molecule has 0 aliphatic carbocycles. The summed E-state index contributed by atoms with van der Waals surface area (Å²) in [6, 6.07) is 16.5. The van der Waals surface area contributed by atoms with Crippen LogP contribution in [0.1, 0.15) is 10.4 Å². The lowest BCUT2D eigenvalue weighted by atomic mass is 10.1. The van der Waals surface area contributed by atoms with E-state index in [9.17, 15) is 9.59 Å². The van der Waals surface area contributed by atoms with Crippen LogP contribution in [0.3, 0.4) is 0 Å². The average Bonchev–Trinajstić information content (AvgIpc) is 2.76. The Labute approximate surface area is 184 Å². The number of fused-ring (bicyclic) bond motifs is 1. The van der Waals surface area contributed by atoms with Crippen LogP contribution >= 0.6 is 23.2 Å². The minimum Gasteiger partial charge on any atom is -0.368 e. The number of anilines is 1. The normalized spacial score (nSPS) is 14.1. The fraction of sp³-hybridized carbons (Fsp3) is 0.227. The van der Waals surface area contributed by atoms with Gasteiger partial charge in [-0.15, -0.1) is 0 Å². The van der Waals surface area contributed by atoms with E-state index in [4.69, 9.17) is 23.2 Å². The predicted molar refractivity (Wildman–Crippen MR) is 119 cm³/mol. The van der Waals surface area contributed by atoms with Crippen molar-refractivity contribution in [3.63, 3.8) is 0 Å². The number of amides is 2. The molecule has 1 fully saturated rings. The van der Waals surface area contributed by atoms with Gasteiger partial charge in [0.15, 0.2) is 0 Å². The Morgan fingerprint density at radius 1 is 0.967 bits per heavy atom. The van der Waals surface area contributed by atoms with Gasteiger partial charge in [-0.1, -0.05) is 47.5 Å². The van der Waals surface area contributed by atoms with Crippen LogP contribution in [-0.4, -0.2) is 54.4 Å². The van der Waals surface area contributed by atoms with E-state index < -0.39 is 0 Å². The summed E-state index contributed by atoms with van der Waals surface area (Å²) in [5, 5.41) is 4.34. The standard InChI is InChI=1S/C22H20Cl2N4O2/c23-15-4-3-5-16(12-15)27-8-10-28(11-9-27)21(29)14-25-22(30)18-13-20(24)26-19-7-2-1-6-17(18)19/h1-7,12-13H,8-11,14H2,(H,25,30). The summed E-state index contributed by atoms with van der Waals surface area (Å²) in [4.78, 5) is 33.5. The van der Waals surface area contributed by atoms with Crippen molar-refractivity contribution in [3.05, 3.63) is 70.3 Å². The van der Waals surface area contributed by atoms with Crippen molar-refractivity contribution < 1.29 is 9.59 Å². The van der Waals surface area contributed by atoms with Gasteiger partial charge < -0.3 is 15.1 Å². The molecule has 2 aromatic carbocycles. The second-order valence-corrected chi connectivity index (χ2v) is 7.86. The molecule has 1 saturated heterocycles. The molecule has 8 heteroatoms. The Hall–Kier alpha value is -2.83. The number of nitrogens with zero attached hydrogens (tertiary/aromatic N) is 3. The molecular weight excluding hydrogens is 423 g/mol. The molecule has 0 spiro atoms. The van der Waals surface area contributed by atoms with Crippen molar-refractivity contribution >= 4 is 51.6 Å². The largest absolute Gasteiger partial charge is 0.368 e. The van der Waals surface area contributed by atoms with Gasteiger partial charge in [0.1, 0.15) is 5.15 Å². The Kier molecular flexibility index (Phi) is 6.06. The summed E-state index contributed by atoms with van der Waals surface area (Å²) in [7, 11) is 0. The fourth-order valence-corrected chi connectivity index (χ4v) is 3.97. The summed E-state index contributed by atoms with van der Waals surface area (Å²) in [6.07, 6.45) is 0. The number of para-hydroxylation sites is 1. The third-order valence-electron chi connectivity index (χ3n) is 5.14. The summed E-state index contributed by atoms with van der Waals surface area (Å²) < 4.78 is 0. The molecule has 0 bridgehead atoms. The Bertz CT molecular complexity index is 1100. The number of hydrogen-bond acceptors (Lipinski definition) is 4. The molecule has 0 radical (unpaired) electrons. The second kappa shape index (κ2) is 8.90. The number of aromatic nitrogens is 1. The number of halogens is 2. The van der Waals surface area contributed by atoms with Gasteiger partial charge in [-0.3, -0.25) is 9.59 Å². The Balaban J connectivity index is 1.35. The second-order valence-electron chi connectivity index (χ2n) is 7.04. The zero-order chi connectivity index (χ0) is 21.1. The highest BCUT2D eigenvalue weighted by molar-refractivity contribution is 6.31. The quantitative estimate of drug-likeness (QED) is 0.626. The highest BCUT2D eigenvalue weighted by atomic mass is 35.5. The first-order valence-corrected chi connectivity index (χ1v) is 10.4. The maximum absolute atomic E-state index is 12.7. The molecule has 154 valence electrons. The van der Waals surface area contributed by atoms with Gasteiger partial charge >= 0.3 is 0 Å². The SMILES string of the molecule is O=C(NCC(=O)N1CCN(c2cccc(Cl)c2)CC1)c1cc(Cl)nc2ccccc12. The van der Waals surface area contributed by atoms with Crippen LogP contribution in [0.5, 0.6) is 0 Å². The van der Waals surface area contributed by atoms with Crippen LogP contribution < -0.4 is 10.2 Å². The van der Waals surface area contributed by atoms with Crippen LogP contribution in [0.25, 0.3) is 10.9 Å². The predicted octanol–water partition coefficient (Wildman–Crippen LogP) is 3.62. The lowest BCUT2D eigenvalue weighted by Crippen LogP contribution is -2.51. The van der Waals surface area contributed by atoms with Gasteiger partial charge in [-0.2, -0.15) is 0 Å². The van der Waals surface area contributed by atoms with E-state index in [1.807, 2.05) is 42.5 Å². The third kappa shape index (κ3) is 4.50. The van der Waals surface area contributed by atoms with Crippen LogP contribution in [0.2, 0.25) is 10.2 Å². The smallest absolute Gasteiger partial charge is 0.252 e. The molecule has 3 aromatic rings. The van der Waals surface area contributed by atoms with Crippen LogP contribution in [0, 0.1) is 0 Å². The van der Waals surface area contributed by atoms with Gasteiger partial charge in [0.2, 0.25) is 5.91 Å². The molecule has 0 unspecified atom stereocenters. The molecule has 6 nitrogen and oxygen atoms in total. The highest BCUT2D eigenvalue weighted by Crippen LogP contribution is 2.22. The molecule has 1 aliphatic rings. The summed E-state index contributed by atoms with van der Waals surface area (Å²) in [5.74, 6) is -0.458. The van der Waals surface area contributed by atoms with E-state index >= 15 is 0 Å². The number of hydrogen-bond donors (Lipinski definition) is 1. The van der Waals surface area contributed by atoms with E-state index in [1.165, 1.54) is 6.07 Å². The van der Waals surface area contributed by atoms with Crippen molar-refractivity contribution in [1.29, 1.82) is 0 Å². The molecule has 2 amide bonds. The van der Waals surface area contributed by atoms with Crippen molar-refractivity contribution in [3.8, 4) is 0 Å². The molecule has 0 saturated carbocycles. The molecule has 2 heterocycles. The zero-order valence-electron chi connectivity index (χ0n) is 16.1. The molecule has 1 aromatic heterocycles. The average molecular weight is 443 g/mol. The first kappa shape index (κ1) is 20.4. The molecule has 0 atom stereocenters. The van der Waals surface area contributed by atoms with Gasteiger partial charge in [0, 0.05) is 42.3 Å². The number of nitrogens with one attached hydrogen (secondary N) is 1. The molecule has 30 heavy (non-hydrogen) atoms. The maximum Gasteiger partial charge on any atom is 0.252 e. The summed E-state index contributed by atoms with van der Waals surface area (Å²) in [5.41, 5.74) is 2.09. The topological polar surface area (TPSA) is 65.5 Å².